The maximum Gasteiger partial charge on any atom is 0.263 e. The van der Waals surface area contributed by atoms with E-state index in [-0.39, 0.29) is 28.5 Å². The molecule has 5 nitrogen and oxygen atoms in total. The summed E-state index contributed by atoms with van der Waals surface area (Å²) in [5, 5.41) is 2.79. The summed E-state index contributed by atoms with van der Waals surface area (Å²) in [5.74, 6) is -1.22. The molecule has 0 aliphatic carbocycles. The van der Waals surface area contributed by atoms with Crippen molar-refractivity contribution >= 4 is 40.6 Å². The van der Waals surface area contributed by atoms with Crippen LogP contribution in [0.1, 0.15) is 24.5 Å². The van der Waals surface area contributed by atoms with E-state index in [1.54, 1.807) is 0 Å². The van der Waals surface area contributed by atoms with Gasteiger partial charge >= 0.3 is 0 Å². The topological polar surface area (TPSA) is 62.3 Å². The molecule has 1 N–H and O–H groups in total. The number of nitrogens with one attached hydrogen (secondary N) is 1. The SMILES string of the molecule is CC(=O)N(c1cccc(C(F)F)c1)c1cc(NC(=O)Cc2ccc(F)cc2Cl)ccn1. The van der Waals surface area contributed by atoms with Gasteiger partial charge in [-0.3, -0.25) is 14.5 Å². The van der Waals surface area contributed by atoms with Crippen molar-refractivity contribution in [3.8, 4) is 0 Å². The third kappa shape index (κ3) is 5.61. The Morgan fingerprint density at radius 3 is 2.58 bits per heavy atom. The first-order valence-corrected chi connectivity index (χ1v) is 9.51. The lowest BCUT2D eigenvalue weighted by molar-refractivity contribution is -0.116. The number of hydrogen-bond donors (Lipinski definition) is 1. The highest BCUT2D eigenvalue weighted by molar-refractivity contribution is 6.31. The first-order chi connectivity index (χ1) is 14.7. The van der Waals surface area contributed by atoms with Crippen molar-refractivity contribution < 1.29 is 22.8 Å². The van der Waals surface area contributed by atoms with Crippen molar-refractivity contribution in [2.45, 2.75) is 19.8 Å². The molecule has 9 heteroatoms. The zero-order valence-electron chi connectivity index (χ0n) is 16.3. The number of anilines is 3. The fraction of sp³-hybridized carbons (Fsp3) is 0.136. The van der Waals surface area contributed by atoms with Crippen LogP contribution in [-0.4, -0.2) is 16.8 Å². The normalized spacial score (nSPS) is 10.8. The van der Waals surface area contributed by atoms with Crippen LogP contribution in [0.4, 0.5) is 30.4 Å². The molecule has 0 fully saturated rings. The molecule has 0 saturated heterocycles. The molecule has 0 atom stereocenters. The average Bonchev–Trinajstić information content (AvgIpc) is 2.70. The standard InChI is InChI=1S/C22H17ClF3N3O2/c1-13(30)29(18-4-2-3-15(9-18)22(25)26)20-12-17(7-8-27-20)28-21(31)10-14-5-6-16(24)11-19(14)23/h2-9,11-12,22H,10H2,1H3,(H,27,28,31). The number of hydrogen-bond acceptors (Lipinski definition) is 3. The summed E-state index contributed by atoms with van der Waals surface area (Å²) >= 11 is 5.95. The van der Waals surface area contributed by atoms with Crippen LogP contribution in [0.15, 0.2) is 60.8 Å². The van der Waals surface area contributed by atoms with E-state index in [0.29, 0.717) is 11.3 Å². The van der Waals surface area contributed by atoms with Gasteiger partial charge in [-0.05, 0) is 35.9 Å². The van der Waals surface area contributed by atoms with Crippen LogP contribution < -0.4 is 10.2 Å². The lowest BCUT2D eigenvalue weighted by Gasteiger charge is -2.21. The molecule has 2 amide bonds. The van der Waals surface area contributed by atoms with E-state index in [1.807, 2.05) is 0 Å². The molecular weight excluding hydrogens is 431 g/mol. The summed E-state index contributed by atoms with van der Waals surface area (Å²) in [6.07, 6.45) is -1.41. The highest BCUT2D eigenvalue weighted by Gasteiger charge is 2.18. The van der Waals surface area contributed by atoms with Crippen LogP contribution in [0.3, 0.4) is 0 Å². The second kappa shape index (κ2) is 9.61. The maximum atomic E-state index is 13.2. The second-order valence-corrected chi connectivity index (χ2v) is 7.02. The number of alkyl halides is 2. The number of amides is 2. The van der Waals surface area contributed by atoms with Crippen molar-refractivity contribution in [1.29, 1.82) is 0 Å². The number of rotatable bonds is 6. The van der Waals surface area contributed by atoms with Gasteiger partial charge in [-0.1, -0.05) is 29.8 Å². The van der Waals surface area contributed by atoms with Crippen molar-refractivity contribution in [1.82, 2.24) is 4.98 Å². The van der Waals surface area contributed by atoms with Gasteiger partial charge < -0.3 is 5.32 Å². The zero-order valence-corrected chi connectivity index (χ0v) is 17.0. The minimum atomic E-state index is -2.69. The number of carbonyl (C=O) groups is 2. The molecule has 0 aliphatic heterocycles. The smallest absolute Gasteiger partial charge is 0.263 e. The quantitative estimate of drug-likeness (QED) is 0.529. The molecule has 0 radical (unpaired) electrons. The van der Waals surface area contributed by atoms with Gasteiger partial charge in [0.05, 0.1) is 12.1 Å². The van der Waals surface area contributed by atoms with Gasteiger partial charge in [0.1, 0.15) is 11.6 Å². The number of nitrogens with zero attached hydrogens (tertiary/aromatic N) is 2. The lowest BCUT2D eigenvalue weighted by atomic mass is 10.1. The number of carbonyl (C=O) groups excluding carboxylic acids is 2. The number of benzene rings is 2. The van der Waals surface area contributed by atoms with Crippen LogP contribution in [0, 0.1) is 5.82 Å². The van der Waals surface area contributed by atoms with Crippen LogP contribution in [0.25, 0.3) is 0 Å². The van der Waals surface area contributed by atoms with Crippen molar-refractivity contribution in [3.05, 3.63) is 82.8 Å². The van der Waals surface area contributed by atoms with Gasteiger partial charge in [0.2, 0.25) is 11.8 Å². The van der Waals surface area contributed by atoms with Crippen LogP contribution in [-0.2, 0) is 16.0 Å². The molecule has 0 spiro atoms. The van der Waals surface area contributed by atoms with Crippen LogP contribution in [0.5, 0.6) is 0 Å². The minimum absolute atomic E-state index is 0.0936. The molecule has 0 bridgehead atoms. The monoisotopic (exact) mass is 447 g/mol. The van der Waals surface area contributed by atoms with E-state index >= 15 is 0 Å². The fourth-order valence-electron chi connectivity index (χ4n) is 2.94. The summed E-state index contributed by atoms with van der Waals surface area (Å²) in [7, 11) is 0. The third-order valence-corrected chi connectivity index (χ3v) is 4.67. The van der Waals surface area contributed by atoms with Gasteiger partial charge in [0, 0.05) is 35.5 Å². The molecule has 0 saturated carbocycles. The molecule has 31 heavy (non-hydrogen) atoms. The fourth-order valence-corrected chi connectivity index (χ4v) is 3.17. The largest absolute Gasteiger partial charge is 0.326 e. The lowest BCUT2D eigenvalue weighted by Crippen LogP contribution is -2.24. The van der Waals surface area contributed by atoms with Crippen molar-refractivity contribution in [2.75, 3.05) is 10.2 Å². The van der Waals surface area contributed by atoms with E-state index in [4.69, 9.17) is 11.6 Å². The van der Waals surface area contributed by atoms with E-state index in [9.17, 15) is 22.8 Å². The number of pyridine rings is 1. The Kier molecular flexibility index (Phi) is 6.91. The summed E-state index contributed by atoms with van der Waals surface area (Å²) in [6, 6.07) is 12.1. The van der Waals surface area contributed by atoms with E-state index in [1.165, 1.54) is 66.6 Å². The Bertz CT molecular complexity index is 1120. The van der Waals surface area contributed by atoms with Gasteiger partial charge in [-0.25, -0.2) is 18.2 Å². The molecule has 0 unspecified atom stereocenters. The number of aromatic nitrogens is 1. The third-order valence-electron chi connectivity index (χ3n) is 4.32. The van der Waals surface area contributed by atoms with E-state index in [2.05, 4.69) is 10.3 Å². The summed E-state index contributed by atoms with van der Waals surface area (Å²) in [6.45, 7) is 1.28. The van der Waals surface area contributed by atoms with Gasteiger partial charge in [-0.2, -0.15) is 0 Å². The molecule has 1 heterocycles. The molecule has 3 rings (SSSR count). The molecular formula is C22H17ClF3N3O2. The summed E-state index contributed by atoms with van der Waals surface area (Å²) < 4.78 is 39.3. The van der Waals surface area contributed by atoms with E-state index < -0.39 is 24.1 Å². The molecule has 0 aliphatic rings. The summed E-state index contributed by atoms with van der Waals surface area (Å²) in [5.41, 5.74) is 0.775. The molecule has 160 valence electrons. The first kappa shape index (κ1) is 22.3. The Morgan fingerprint density at radius 2 is 1.90 bits per heavy atom. The van der Waals surface area contributed by atoms with Gasteiger partial charge in [0.15, 0.2) is 0 Å². The van der Waals surface area contributed by atoms with Crippen LogP contribution >= 0.6 is 11.6 Å². The van der Waals surface area contributed by atoms with E-state index in [0.717, 1.165) is 6.07 Å². The predicted octanol–water partition coefficient (Wildman–Crippen LogP) is 5.68. The van der Waals surface area contributed by atoms with Crippen molar-refractivity contribution in [2.24, 2.45) is 0 Å². The highest BCUT2D eigenvalue weighted by atomic mass is 35.5. The highest BCUT2D eigenvalue weighted by Crippen LogP contribution is 2.29. The second-order valence-electron chi connectivity index (χ2n) is 6.61. The minimum Gasteiger partial charge on any atom is -0.326 e. The Balaban J connectivity index is 1.82. The zero-order chi connectivity index (χ0) is 22.5. The number of halogens is 4. The molecule has 3 aromatic rings. The van der Waals surface area contributed by atoms with Crippen molar-refractivity contribution in [3.63, 3.8) is 0 Å². The van der Waals surface area contributed by atoms with Crippen LogP contribution in [0.2, 0.25) is 5.02 Å². The Labute approximate surface area is 181 Å². The predicted molar refractivity (Wildman–Crippen MR) is 112 cm³/mol. The first-order valence-electron chi connectivity index (χ1n) is 9.13. The van der Waals surface area contributed by atoms with Gasteiger partial charge in [0.25, 0.3) is 6.43 Å². The average molecular weight is 448 g/mol. The Morgan fingerprint density at radius 1 is 1.13 bits per heavy atom. The molecule has 1 aromatic heterocycles. The summed E-state index contributed by atoms with van der Waals surface area (Å²) in [4.78, 5) is 29.9. The molecule has 2 aromatic carbocycles. The maximum absolute atomic E-state index is 13.2. The van der Waals surface area contributed by atoms with Gasteiger partial charge in [-0.15, -0.1) is 0 Å². The Hall–Kier alpha value is -3.39.